The second kappa shape index (κ2) is 6.67. The SMILES string of the molecule is O=C(O)c1ccc(N(CCO)C(=O)Cn2cccn2)cc1. The molecule has 0 saturated carbocycles. The topological polar surface area (TPSA) is 95.7 Å². The van der Waals surface area contributed by atoms with Crippen molar-refractivity contribution < 1.29 is 19.8 Å². The largest absolute Gasteiger partial charge is 0.478 e. The summed E-state index contributed by atoms with van der Waals surface area (Å²) in [6.07, 6.45) is 3.24. The Bertz CT molecular complexity index is 608. The Morgan fingerprint density at radius 2 is 1.95 bits per heavy atom. The minimum atomic E-state index is -1.03. The van der Waals surface area contributed by atoms with Crippen molar-refractivity contribution in [2.45, 2.75) is 6.54 Å². The van der Waals surface area contributed by atoms with E-state index in [-0.39, 0.29) is 31.2 Å². The first-order valence-electron chi connectivity index (χ1n) is 6.34. The Balaban J connectivity index is 2.17. The smallest absolute Gasteiger partial charge is 0.335 e. The Kier molecular flexibility index (Phi) is 4.68. The van der Waals surface area contributed by atoms with Crippen LogP contribution in [0.2, 0.25) is 0 Å². The van der Waals surface area contributed by atoms with Crippen molar-refractivity contribution in [2.75, 3.05) is 18.1 Å². The van der Waals surface area contributed by atoms with Gasteiger partial charge in [-0.2, -0.15) is 5.10 Å². The number of hydrogen-bond donors (Lipinski definition) is 2. The summed E-state index contributed by atoms with van der Waals surface area (Å²) in [6, 6.07) is 7.64. The third-order valence-corrected chi connectivity index (χ3v) is 2.91. The van der Waals surface area contributed by atoms with Gasteiger partial charge in [0.05, 0.1) is 12.2 Å². The first-order chi connectivity index (χ1) is 10.1. The van der Waals surface area contributed by atoms with E-state index in [9.17, 15) is 9.59 Å². The van der Waals surface area contributed by atoms with Gasteiger partial charge in [-0.1, -0.05) is 0 Å². The average Bonchev–Trinajstić information content (AvgIpc) is 2.97. The molecule has 0 fully saturated rings. The van der Waals surface area contributed by atoms with Gasteiger partial charge in [0, 0.05) is 24.6 Å². The fraction of sp³-hybridized carbons (Fsp3) is 0.214. The van der Waals surface area contributed by atoms with E-state index in [1.54, 1.807) is 30.6 Å². The Hall–Kier alpha value is -2.67. The first kappa shape index (κ1) is 14.7. The summed E-state index contributed by atoms with van der Waals surface area (Å²) in [5, 5.41) is 21.9. The highest BCUT2D eigenvalue weighted by atomic mass is 16.4. The summed E-state index contributed by atoms with van der Waals surface area (Å²) in [5.74, 6) is -1.27. The Labute approximate surface area is 121 Å². The van der Waals surface area contributed by atoms with E-state index in [0.29, 0.717) is 5.69 Å². The molecule has 0 unspecified atom stereocenters. The molecule has 0 atom stereocenters. The number of aromatic nitrogens is 2. The molecule has 0 aliphatic heterocycles. The number of aromatic carboxylic acids is 1. The van der Waals surface area contributed by atoms with Crippen molar-refractivity contribution in [3.8, 4) is 0 Å². The molecule has 0 saturated heterocycles. The predicted octanol–water partition coefficient (Wildman–Crippen LogP) is 0.607. The summed E-state index contributed by atoms with van der Waals surface area (Å²) >= 11 is 0. The van der Waals surface area contributed by atoms with E-state index in [2.05, 4.69) is 5.10 Å². The zero-order valence-corrected chi connectivity index (χ0v) is 11.2. The molecular formula is C14H15N3O4. The number of rotatable bonds is 6. The van der Waals surface area contributed by atoms with Gasteiger partial charge >= 0.3 is 5.97 Å². The van der Waals surface area contributed by atoms with Gasteiger partial charge in [0.25, 0.3) is 0 Å². The van der Waals surface area contributed by atoms with Crippen LogP contribution < -0.4 is 4.90 Å². The van der Waals surface area contributed by atoms with Gasteiger partial charge in [0.1, 0.15) is 6.54 Å². The quantitative estimate of drug-likeness (QED) is 0.812. The molecule has 0 aliphatic carbocycles. The Morgan fingerprint density at radius 1 is 1.24 bits per heavy atom. The minimum Gasteiger partial charge on any atom is -0.478 e. The fourth-order valence-corrected chi connectivity index (χ4v) is 1.90. The number of carbonyl (C=O) groups excluding carboxylic acids is 1. The number of carboxylic acids is 1. The van der Waals surface area contributed by atoms with Crippen LogP contribution in [0.4, 0.5) is 5.69 Å². The monoisotopic (exact) mass is 289 g/mol. The summed E-state index contributed by atoms with van der Waals surface area (Å²) in [4.78, 5) is 24.5. The van der Waals surface area contributed by atoms with Crippen LogP contribution in [-0.2, 0) is 11.3 Å². The molecule has 7 nitrogen and oxygen atoms in total. The van der Waals surface area contributed by atoms with Crippen LogP contribution in [0.5, 0.6) is 0 Å². The summed E-state index contributed by atoms with van der Waals surface area (Å²) in [5.41, 5.74) is 0.674. The van der Waals surface area contributed by atoms with Gasteiger partial charge in [0.15, 0.2) is 0 Å². The van der Waals surface area contributed by atoms with Crippen LogP contribution in [0.1, 0.15) is 10.4 Å². The highest BCUT2D eigenvalue weighted by Crippen LogP contribution is 2.16. The average molecular weight is 289 g/mol. The van der Waals surface area contributed by atoms with Gasteiger partial charge in [-0.3, -0.25) is 9.48 Å². The van der Waals surface area contributed by atoms with Crippen LogP contribution in [0.25, 0.3) is 0 Å². The molecule has 1 aromatic carbocycles. The highest BCUT2D eigenvalue weighted by Gasteiger charge is 2.16. The molecule has 110 valence electrons. The minimum absolute atomic E-state index is 0.0493. The molecule has 0 spiro atoms. The maximum absolute atomic E-state index is 12.3. The second-order valence-electron chi connectivity index (χ2n) is 4.32. The standard InChI is InChI=1S/C14H15N3O4/c18-9-8-17(13(19)10-16-7-1-6-15-16)12-4-2-11(3-5-12)14(20)21/h1-7,18H,8-10H2,(H,20,21). The number of aliphatic hydroxyl groups excluding tert-OH is 1. The molecule has 21 heavy (non-hydrogen) atoms. The molecule has 2 aromatic rings. The fourth-order valence-electron chi connectivity index (χ4n) is 1.90. The molecule has 1 amide bonds. The Morgan fingerprint density at radius 3 is 2.48 bits per heavy atom. The summed E-state index contributed by atoms with van der Waals surface area (Å²) in [7, 11) is 0. The highest BCUT2D eigenvalue weighted by molar-refractivity contribution is 5.94. The van der Waals surface area contributed by atoms with Crippen molar-refractivity contribution in [1.29, 1.82) is 0 Å². The number of hydrogen-bond acceptors (Lipinski definition) is 4. The lowest BCUT2D eigenvalue weighted by atomic mass is 10.2. The van der Waals surface area contributed by atoms with Crippen LogP contribution in [-0.4, -0.2) is 45.0 Å². The third kappa shape index (κ3) is 3.67. The van der Waals surface area contributed by atoms with Crippen molar-refractivity contribution >= 4 is 17.6 Å². The van der Waals surface area contributed by atoms with E-state index in [1.807, 2.05) is 0 Å². The molecule has 0 radical (unpaired) electrons. The third-order valence-electron chi connectivity index (χ3n) is 2.91. The number of benzene rings is 1. The van der Waals surface area contributed by atoms with Crippen molar-refractivity contribution in [1.82, 2.24) is 9.78 Å². The molecule has 7 heteroatoms. The predicted molar refractivity (Wildman–Crippen MR) is 75.1 cm³/mol. The van der Waals surface area contributed by atoms with Crippen LogP contribution in [0, 0.1) is 0 Å². The summed E-state index contributed by atoms with van der Waals surface area (Å²) in [6.45, 7) is -0.00820. The van der Waals surface area contributed by atoms with E-state index >= 15 is 0 Å². The lowest BCUT2D eigenvalue weighted by molar-refractivity contribution is -0.119. The first-order valence-corrected chi connectivity index (χ1v) is 6.34. The maximum atomic E-state index is 12.3. The molecule has 1 aromatic heterocycles. The van der Waals surface area contributed by atoms with Crippen molar-refractivity contribution in [2.24, 2.45) is 0 Å². The lowest BCUT2D eigenvalue weighted by Gasteiger charge is -2.22. The van der Waals surface area contributed by atoms with E-state index in [0.717, 1.165) is 0 Å². The number of aliphatic hydroxyl groups is 1. The van der Waals surface area contributed by atoms with Crippen LogP contribution >= 0.6 is 0 Å². The molecule has 0 aliphatic rings. The van der Waals surface area contributed by atoms with Crippen LogP contribution in [0.15, 0.2) is 42.7 Å². The normalized spacial score (nSPS) is 10.3. The van der Waals surface area contributed by atoms with Gasteiger partial charge in [0.2, 0.25) is 5.91 Å². The van der Waals surface area contributed by atoms with Gasteiger partial charge in [-0.25, -0.2) is 4.79 Å². The maximum Gasteiger partial charge on any atom is 0.335 e. The van der Waals surface area contributed by atoms with E-state index in [1.165, 1.54) is 21.7 Å². The second-order valence-corrected chi connectivity index (χ2v) is 4.32. The molecule has 2 rings (SSSR count). The summed E-state index contributed by atoms with van der Waals surface area (Å²) < 4.78 is 1.48. The molecule has 0 bridgehead atoms. The zero-order chi connectivity index (χ0) is 15.2. The molecule has 2 N–H and O–H groups in total. The number of amides is 1. The van der Waals surface area contributed by atoms with Crippen molar-refractivity contribution in [3.63, 3.8) is 0 Å². The van der Waals surface area contributed by atoms with Gasteiger partial charge < -0.3 is 15.1 Å². The van der Waals surface area contributed by atoms with Gasteiger partial charge in [-0.05, 0) is 30.3 Å². The number of nitrogens with zero attached hydrogens (tertiary/aromatic N) is 3. The zero-order valence-electron chi connectivity index (χ0n) is 11.2. The van der Waals surface area contributed by atoms with E-state index < -0.39 is 5.97 Å². The van der Waals surface area contributed by atoms with E-state index in [4.69, 9.17) is 10.2 Å². The molecular weight excluding hydrogens is 274 g/mol. The lowest BCUT2D eigenvalue weighted by Crippen LogP contribution is -2.36. The molecule has 1 heterocycles. The number of carboxylic acid groups (broad SMARTS) is 1. The van der Waals surface area contributed by atoms with Crippen molar-refractivity contribution in [3.05, 3.63) is 48.3 Å². The number of anilines is 1. The van der Waals surface area contributed by atoms with Gasteiger partial charge in [-0.15, -0.1) is 0 Å². The van der Waals surface area contributed by atoms with Crippen LogP contribution in [0.3, 0.4) is 0 Å². The number of carbonyl (C=O) groups is 2.